The fraction of sp³-hybridized carbons (Fsp3) is 0.400. The van der Waals surface area contributed by atoms with Crippen molar-refractivity contribution in [2.45, 2.75) is 25.2 Å². The van der Waals surface area contributed by atoms with E-state index in [4.69, 9.17) is 5.73 Å². The number of ether oxygens (including phenoxy) is 1. The molecule has 2 N–H and O–H groups in total. The molecule has 0 fully saturated rings. The van der Waals surface area contributed by atoms with Gasteiger partial charge in [0.05, 0.1) is 0 Å². The van der Waals surface area contributed by atoms with E-state index in [0.29, 0.717) is 12.1 Å². The molecule has 0 radical (unpaired) electrons. The quantitative estimate of drug-likeness (QED) is 0.842. The summed E-state index contributed by atoms with van der Waals surface area (Å²) in [7, 11) is 0. The SMILES string of the molecule is CC(N)C(Oc1ccc(F)c(F)c1)C(F)(F)F. The molecule has 1 aromatic carbocycles. The normalized spacial score (nSPS) is 15.5. The van der Waals surface area contributed by atoms with Gasteiger partial charge in [-0.15, -0.1) is 0 Å². The Kier molecular flexibility index (Phi) is 3.92. The Morgan fingerprint density at radius 2 is 1.76 bits per heavy atom. The van der Waals surface area contributed by atoms with Gasteiger partial charge in [-0.25, -0.2) is 8.78 Å². The maximum Gasteiger partial charge on any atom is 0.426 e. The average Bonchev–Trinajstić information content (AvgIpc) is 2.17. The van der Waals surface area contributed by atoms with Crippen molar-refractivity contribution >= 4 is 0 Å². The lowest BCUT2D eigenvalue weighted by Crippen LogP contribution is -2.47. The minimum Gasteiger partial charge on any atom is -0.479 e. The largest absolute Gasteiger partial charge is 0.479 e. The molecule has 0 amide bonds. The van der Waals surface area contributed by atoms with Crippen LogP contribution in [0.2, 0.25) is 0 Å². The first kappa shape index (κ1) is 13.7. The lowest BCUT2D eigenvalue weighted by Gasteiger charge is -2.24. The topological polar surface area (TPSA) is 35.2 Å². The number of alkyl halides is 3. The van der Waals surface area contributed by atoms with Crippen molar-refractivity contribution in [2.24, 2.45) is 5.73 Å². The van der Waals surface area contributed by atoms with Crippen LogP contribution in [0.15, 0.2) is 18.2 Å². The third kappa shape index (κ3) is 3.55. The highest BCUT2D eigenvalue weighted by Gasteiger charge is 2.44. The fourth-order valence-corrected chi connectivity index (χ4v) is 1.17. The molecule has 0 aliphatic carbocycles. The van der Waals surface area contributed by atoms with Crippen LogP contribution in [0, 0.1) is 11.6 Å². The van der Waals surface area contributed by atoms with Gasteiger partial charge in [0, 0.05) is 12.1 Å². The zero-order chi connectivity index (χ0) is 13.2. The highest BCUT2D eigenvalue weighted by molar-refractivity contribution is 5.24. The third-order valence-electron chi connectivity index (χ3n) is 1.95. The Balaban J connectivity index is 2.91. The van der Waals surface area contributed by atoms with Gasteiger partial charge < -0.3 is 10.5 Å². The van der Waals surface area contributed by atoms with Crippen LogP contribution in [-0.2, 0) is 0 Å². The summed E-state index contributed by atoms with van der Waals surface area (Å²) in [5.41, 5.74) is 5.13. The molecule has 17 heavy (non-hydrogen) atoms. The number of rotatable bonds is 3. The molecule has 2 nitrogen and oxygen atoms in total. The number of halogens is 5. The lowest BCUT2D eigenvalue weighted by atomic mass is 10.2. The van der Waals surface area contributed by atoms with Crippen molar-refractivity contribution in [1.82, 2.24) is 0 Å². The van der Waals surface area contributed by atoms with Gasteiger partial charge in [0.2, 0.25) is 6.10 Å². The Morgan fingerprint density at radius 1 is 1.18 bits per heavy atom. The second-order valence-electron chi connectivity index (χ2n) is 3.52. The highest BCUT2D eigenvalue weighted by Crippen LogP contribution is 2.27. The van der Waals surface area contributed by atoms with Crippen molar-refractivity contribution in [3.63, 3.8) is 0 Å². The van der Waals surface area contributed by atoms with E-state index in [2.05, 4.69) is 4.74 Å². The minimum absolute atomic E-state index is 0.427. The van der Waals surface area contributed by atoms with Crippen molar-refractivity contribution in [1.29, 1.82) is 0 Å². The molecule has 7 heteroatoms. The van der Waals surface area contributed by atoms with Crippen LogP contribution in [0.25, 0.3) is 0 Å². The molecule has 2 unspecified atom stereocenters. The maximum atomic E-state index is 12.8. The summed E-state index contributed by atoms with van der Waals surface area (Å²) in [6, 6.07) is 0.790. The van der Waals surface area contributed by atoms with Gasteiger partial charge in [0.1, 0.15) is 5.75 Å². The Morgan fingerprint density at radius 3 is 2.18 bits per heavy atom. The van der Waals surface area contributed by atoms with Crippen LogP contribution in [0.1, 0.15) is 6.92 Å². The van der Waals surface area contributed by atoms with Crippen LogP contribution < -0.4 is 10.5 Å². The summed E-state index contributed by atoms with van der Waals surface area (Å²) in [6.45, 7) is 1.11. The van der Waals surface area contributed by atoms with Gasteiger partial charge in [0.15, 0.2) is 11.6 Å². The molecule has 96 valence electrons. The molecule has 0 saturated carbocycles. The van der Waals surface area contributed by atoms with Crippen LogP contribution in [-0.4, -0.2) is 18.3 Å². The smallest absolute Gasteiger partial charge is 0.426 e. The molecule has 1 rings (SSSR count). The van der Waals surface area contributed by atoms with E-state index >= 15 is 0 Å². The molecular weight excluding hydrogens is 245 g/mol. The van der Waals surface area contributed by atoms with Gasteiger partial charge in [-0.2, -0.15) is 13.2 Å². The standard InChI is InChI=1S/C10H10F5NO/c1-5(16)9(10(13,14)15)17-6-2-3-7(11)8(12)4-6/h2-5,9H,16H2,1H3. The molecule has 0 heterocycles. The van der Waals surface area contributed by atoms with Crippen LogP contribution in [0.5, 0.6) is 5.75 Å². The lowest BCUT2D eigenvalue weighted by molar-refractivity contribution is -0.199. The Bertz CT molecular complexity index is 391. The van der Waals surface area contributed by atoms with Crippen molar-refractivity contribution in [2.75, 3.05) is 0 Å². The van der Waals surface area contributed by atoms with Gasteiger partial charge in [-0.05, 0) is 19.1 Å². The van der Waals surface area contributed by atoms with Gasteiger partial charge >= 0.3 is 6.18 Å². The zero-order valence-electron chi connectivity index (χ0n) is 8.76. The van der Waals surface area contributed by atoms with Crippen LogP contribution in [0.3, 0.4) is 0 Å². The van der Waals surface area contributed by atoms with Gasteiger partial charge in [0.25, 0.3) is 0 Å². The van der Waals surface area contributed by atoms with E-state index in [0.717, 1.165) is 13.0 Å². The first-order chi connectivity index (χ1) is 7.71. The monoisotopic (exact) mass is 255 g/mol. The van der Waals surface area contributed by atoms with E-state index in [1.807, 2.05) is 0 Å². The molecule has 0 aliphatic rings. The van der Waals surface area contributed by atoms with E-state index < -0.39 is 35.7 Å². The molecule has 0 aliphatic heterocycles. The molecule has 2 atom stereocenters. The second kappa shape index (κ2) is 4.87. The minimum atomic E-state index is -4.68. The zero-order valence-corrected chi connectivity index (χ0v) is 8.76. The number of hydrogen-bond acceptors (Lipinski definition) is 2. The Labute approximate surface area is 94.2 Å². The second-order valence-corrected chi connectivity index (χ2v) is 3.52. The number of nitrogens with two attached hydrogens (primary N) is 1. The highest BCUT2D eigenvalue weighted by atomic mass is 19.4. The molecule has 0 bridgehead atoms. The number of benzene rings is 1. The van der Waals surface area contributed by atoms with E-state index in [9.17, 15) is 22.0 Å². The van der Waals surface area contributed by atoms with E-state index in [-0.39, 0.29) is 0 Å². The summed E-state index contributed by atoms with van der Waals surface area (Å²) in [4.78, 5) is 0. The molecule has 0 aromatic heterocycles. The predicted octanol–water partition coefficient (Wildman–Crippen LogP) is 2.62. The van der Waals surface area contributed by atoms with Crippen LogP contribution >= 0.6 is 0 Å². The van der Waals surface area contributed by atoms with Gasteiger partial charge in [-0.3, -0.25) is 0 Å². The van der Waals surface area contributed by atoms with E-state index in [1.165, 1.54) is 0 Å². The van der Waals surface area contributed by atoms with Gasteiger partial charge in [-0.1, -0.05) is 0 Å². The summed E-state index contributed by atoms with van der Waals surface area (Å²) in [5, 5.41) is 0. The summed E-state index contributed by atoms with van der Waals surface area (Å²) in [5.74, 6) is -2.88. The van der Waals surface area contributed by atoms with Crippen molar-refractivity contribution in [3.8, 4) is 5.75 Å². The molecular formula is C10H10F5NO. The van der Waals surface area contributed by atoms with Crippen LogP contribution in [0.4, 0.5) is 22.0 Å². The molecule has 0 saturated heterocycles. The summed E-state index contributed by atoms with van der Waals surface area (Å²) < 4.78 is 67.2. The average molecular weight is 255 g/mol. The molecule has 0 spiro atoms. The summed E-state index contributed by atoms with van der Waals surface area (Å²) in [6.07, 6.45) is -6.95. The van der Waals surface area contributed by atoms with Crippen molar-refractivity contribution < 1.29 is 26.7 Å². The summed E-state index contributed by atoms with van der Waals surface area (Å²) >= 11 is 0. The van der Waals surface area contributed by atoms with Crippen molar-refractivity contribution in [3.05, 3.63) is 29.8 Å². The van der Waals surface area contributed by atoms with E-state index in [1.54, 1.807) is 0 Å². The molecule has 1 aromatic rings. The maximum absolute atomic E-state index is 12.8. The first-order valence-corrected chi connectivity index (χ1v) is 4.66. The number of hydrogen-bond donors (Lipinski definition) is 1. The third-order valence-corrected chi connectivity index (χ3v) is 1.95. The Hall–Kier alpha value is -1.37. The fourth-order valence-electron chi connectivity index (χ4n) is 1.17. The first-order valence-electron chi connectivity index (χ1n) is 4.66. The predicted molar refractivity (Wildman–Crippen MR) is 50.5 cm³/mol.